The standard InChI is InChI=1S/C24H40N4O4.HI/c1-25-23(26-11-8-20-21(30-3)16-19(29-2)17-22(20)31-4)27-18-24(9-6-5-7-10-24)28-12-14-32-15-13-28;/h16-17H,5-15,18H2,1-4H3,(H2,25,26,27);1H. The number of nitrogens with one attached hydrogen (secondary N) is 2. The summed E-state index contributed by atoms with van der Waals surface area (Å²) >= 11 is 0. The summed E-state index contributed by atoms with van der Waals surface area (Å²) in [6.07, 6.45) is 7.13. The molecule has 33 heavy (non-hydrogen) atoms. The van der Waals surface area contributed by atoms with Crippen LogP contribution in [-0.2, 0) is 11.2 Å². The molecule has 188 valence electrons. The molecule has 2 aliphatic rings. The van der Waals surface area contributed by atoms with Crippen molar-refractivity contribution in [2.45, 2.75) is 44.1 Å². The van der Waals surface area contributed by atoms with Crippen LogP contribution in [0.15, 0.2) is 17.1 Å². The van der Waals surface area contributed by atoms with E-state index in [1.54, 1.807) is 21.3 Å². The molecule has 0 atom stereocenters. The highest BCUT2D eigenvalue weighted by molar-refractivity contribution is 14.0. The summed E-state index contributed by atoms with van der Waals surface area (Å²) < 4.78 is 22.1. The first-order valence-corrected chi connectivity index (χ1v) is 11.7. The Labute approximate surface area is 215 Å². The summed E-state index contributed by atoms with van der Waals surface area (Å²) in [6.45, 7) is 5.32. The number of benzene rings is 1. The molecule has 8 nitrogen and oxygen atoms in total. The maximum Gasteiger partial charge on any atom is 0.191 e. The summed E-state index contributed by atoms with van der Waals surface area (Å²) in [7, 11) is 6.80. The third-order valence-corrected chi connectivity index (χ3v) is 6.76. The van der Waals surface area contributed by atoms with Gasteiger partial charge in [0, 0.05) is 56.5 Å². The molecule has 2 N–H and O–H groups in total. The fourth-order valence-electron chi connectivity index (χ4n) is 4.95. The smallest absolute Gasteiger partial charge is 0.191 e. The van der Waals surface area contributed by atoms with Gasteiger partial charge in [0.2, 0.25) is 0 Å². The van der Waals surface area contributed by atoms with E-state index in [2.05, 4.69) is 20.5 Å². The van der Waals surface area contributed by atoms with Gasteiger partial charge in [-0.2, -0.15) is 0 Å². The molecule has 1 aliphatic heterocycles. The van der Waals surface area contributed by atoms with Gasteiger partial charge in [-0.3, -0.25) is 9.89 Å². The highest BCUT2D eigenvalue weighted by Crippen LogP contribution is 2.35. The lowest BCUT2D eigenvalue weighted by Gasteiger charge is -2.48. The van der Waals surface area contributed by atoms with Gasteiger partial charge >= 0.3 is 0 Å². The van der Waals surface area contributed by atoms with Crippen molar-refractivity contribution in [3.63, 3.8) is 0 Å². The fraction of sp³-hybridized carbons (Fsp3) is 0.708. The minimum Gasteiger partial charge on any atom is -0.496 e. The maximum atomic E-state index is 5.60. The number of guanidine groups is 1. The van der Waals surface area contributed by atoms with Gasteiger partial charge in [-0.1, -0.05) is 19.3 Å². The Hall–Kier alpha value is -1.46. The summed E-state index contributed by atoms with van der Waals surface area (Å²) in [5, 5.41) is 7.08. The van der Waals surface area contributed by atoms with Gasteiger partial charge in [-0.05, 0) is 19.3 Å². The summed E-state index contributed by atoms with van der Waals surface area (Å²) in [5.41, 5.74) is 1.21. The quantitative estimate of drug-likeness (QED) is 0.266. The zero-order valence-corrected chi connectivity index (χ0v) is 22.9. The fourth-order valence-corrected chi connectivity index (χ4v) is 4.95. The number of methoxy groups -OCH3 is 3. The Morgan fingerprint density at radius 3 is 2.18 bits per heavy atom. The van der Waals surface area contributed by atoms with Crippen LogP contribution in [0.25, 0.3) is 0 Å². The van der Waals surface area contributed by atoms with E-state index in [0.717, 1.165) is 62.3 Å². The molecule has 0 spiro atoms. The minimum atomic E-state index is 0. The Bertz CT molecular complexity index is 725. The molecular formula is C24H41IN4O4. The lowest BCUT2D eigenvalue weighted by molar-refractivity contribution is -0.0352. The predicted octanol–water partition coefficient (Wildman–Crippen LogP) is 3.07. The van der Waals surface area contributed by atoms with Crippen molar-refractivity contribution < 1.29 is 18.9 Å². The second-order valence-corrected chi connectivity index (χ2v) is 8.50. The maximum absolute atomic E-state index is 5.60. The van der Waals surface area contributed by atoms with E-state index in [9.17, 15) is 0 Å². The molecule has 1 aromatic rings. The number of ether oxygens (including phenoxy) is 4. The Morgan fingerprint density at radius 2 is 1.64 bits per heavy atom. The molecule has 0 bridgehead atoms. The first-order chi connectivity index (χ1) is 15.7. The molecule has 1 saturated carbocycles. The van der Waals surface area contributed by atoms with E-state index in [1.165, 1.54) is 32.1 Å². The van der Waals surface area contributed by atoms with Crippen LogP contribution in [0.4, 0.5) is 0 Å². The molecule has 9 heteroatoms. The molecule has 0 amide bonds. The highest BCUT2D eigenvalue weighted by atomic mass is 127. The van der Waals surface area contributed by atoms with E-state index < -0.39 is 0 Å². The molecule has 1 heterocycles. The van der Waals surface area contributed by atoms with Crippen molar-refractivity contribution in [2.75, 3.05) is 67.8 Å². The minimum absolute atomic E-state index is 0. The zero-order chi connectivity index (χ0) is 22.8. The summed E-state index contributed by atoms with van der Waals surface area (Å²) in [5.74, 6) is 3.07. The van der Waals surface area contributed by atoms with Crippen molar-refractivity contribution in [1.82, 2.24) is 15.5 Å². The van der Waals surface area contributed by atoms with Crippen molar-refractivity contribution in [1.29, 1.82) is 0 Å². The van der Waals surface area contributed by atoms with Crippen LogP contribution in [0.1, 0.15) is 37.7 Å². The molecular weight excluding hydrogens is 535 g/mol. The number of morpholine rings is 1. The molecule has 0 aromatic heterocycles. The normalized spacial score (nSPS) is 18.7. The van der Waals surface area contributed by atoms with Gasteiger partial charge in [-0.25, -0.2) is 0 Å². The van der Waals surface area contributed by atoms with Crippen LogP contribution >= 0.6 is 24.0 Å². The third kappa shape index (κ3) is 7.26. The highest BCUT2D eigenvalue weighted by Gasteiger charge is 2.38. The van der Waals surface area contributed by atoms with Gasteiger partial charge in [0.15, 0.2) is 5.96 Å². The Morgan fingerprint density at radius 1 is 1.00 bits per heavy atom. The van der Waals surface area contributed by atoms with Crippen molar-refractivity contribution in [2.24, 2.45) is 4.99 Å². The van der Waals surface area contributed by atoms with E-state index in [4.69, 9.17) is 18.9 Å². The first kappa shape index (κ1) is 27.8. The lowest BCUT2D eigenvalue weighted by Crippen LogP contribution is -2.60. The van der Waals surface area contributed by atoms with Crippen molar-refractivity contribution >= 4 is 29.9 Å². The third-order valence-electron chi connectivity index (χ3n) is 6.76. The van der Waals surface area contributed by atoms with E-state index >= 15 is 0 Å². The average molecular weight is 577 g/mol. The molecule has 0 unspecified atom stereocenters. The number of hydrogen-bond acceptors (Lipinski definition) is 6. The number of rotatable bonds is 9. The number of hydrogen-bond donors (Lipinski definition) is 2. The Balaban J connectivity index is 0.00000385. The number of aliphatic imine (C=N–C) groups is 1. The number of halogens is 1. The zero-order valence-electron chi connectivity index (χ0n) is 20.6. The van der Waals surface area contributed by atoms with Gasteiger partial charge in [0.1, 0.15) is 17.2 Å². The van der Waals surface area contributed by atoms with Gasteiger partial charge in [0.25, 0.3) is 0 Å². The topological polar surface area (TPSA) is 76.6 Å². The van der Waals surface area contributed by atoms with Crippen LogP contribution in [0.2, 0.25) is 0 Å². The lowest BCUT2D eigenvalue weighted by atomic mass is 9.80. The molecule has 1 saturated heterocycles. The monoisotopic (exact) mass is 576 g/mol. The van der Waals surface area contributed by atoms with E-state index in [1.807, 2.05) is 19.2 Å². The van der Waals surface area contributed by atoms with Gasteiger partial charge in [-0.15, -0.1) is 24.0 Å². The van der Waals surface area contributed by atoms with Crippen LogP contribution in [0.3, 0.4) is 0 Å². The average Bonchev–Trinajstić information content (AvgIpc) is 2.86. The van der Waals surface area contributed by atoms with E-state index in [0.29, 0.717) is 12.3 Å². The van der Waals surface area contributed by atoms with Crippen LogP contribution in [0, 0.1) is 0 Å². The van der Waals surface area contributed by atoms with Crippen molar-refractivity contribution in [3.8, 4) is 17.2 Å². The SMILES string of the molecule is CN=C(NCCc1c(OC)cc(OC)cc1OC)NCC1(N2CCOCC2)CCCCC1.I. The number of nitrogens with zero attached hydrogens (tertiary/aromatic N) is 2. The first-order valence-electron chi connectivity index (χ1n) is 11.7. The van der Waals surface area contributed by atoms with Crippen LogP contribution in [-0.4, -0.2) is 84.2 Å². The van der Waals surface area contributed by atoms with Gasteiger partial charge < -0.3 is 29.6 Å². The van der Waals surface area contributed by atoms with Crippen molar-refractivity contribution in [3.05, 3.63) is 17.7 Å². The Kier molecular flexibility index (Phi) is 11.8. The molecule has 1 aliphatic carbocycles. The van der Waals surface area contributed by atoms with Crippen LogP contribution in [0.5, 0.6) is 17.2 Å². The largest absolute Gasteiger partial charge is 0.496 e. The molecule has 2 fully saturated rings. The van der Waals surface area contributed by atoms with E-state index in [-0.39, 0.29) is 29.5 Å². The second-order valence-electron chi connectivity index (χ2n) is 8.50. The molecule has 0 radical (unpaired) electrons. The van der Waals surface area contributed by atoms with Gasteiger partial charge in [0.05, 0.1) is 34.5 Å². The summed E-state index contributed by atoms with van der Waals surface area (Å²) in [4.78, 5) is 7.10. The molecule has 3 rings (SSSR count). The van der Waals surface area contributed by atoms with Crippen LogP contribution < -0.4 is 24.8 Å². The second kappa shape index (κ2) is 14.1. The molecule has 1 aromatic carbocycles. The summed E-state index contributed by atoms with van der Waals surface area (Å²) in [6, 6.07) is 3.78. The predicted molar refractivity (Wildman–Crippen MR) is 143 cm³/mol.